The minimum Gasteiger partial charge on any atom is -0.445 e. The van der Waals surface area contributed by atoms with Crippen molar-refractivity contribution in [2.45, 2.75) is 117 Å². The Hall–Kier alpha value is -2.23. The third-order valence-electron chi connectivity index (χ3n) is 7.22. The Morgan fingerprint density at radius 1 is 0.879 bits per heavy atom. The number of oxazole rings is 1. The van der Waals surface area contributed by atoms with E-state index in [0.717, 1.165) is 24.5 Å². The Morgan fingerprint density at radius 3 is 2.15 bits per heavy atom. The molecule has 0 N–H and O–H groups in total. The molecule has 0 aliphatic heterocycles. The van der Waals surface area contributed by atoms with Gasteiger partial charge in [0.1, 0.15) is 5.76 Å². The van der Waals surface area contributed by atoms with Crippen molar-refractivity contribution in [1.29, 1.82) is 0 Å². The van der Waals surface area contributed by atoms with Gasteiger partial charge < -0.3 is 13.6 Å². The molecule has 0 aliphatic carbocycles. The largest absolute Gasteiger partial charge is 0.445 e. The molecule has 3 aromatic rings. The van der Waals surface area contributed by atoms with Crippen LogP contribution in [0.3, 0.4) is 0 Å². The Kier molecular flexibility index (Phi) is 7.36. The van der Waals surface area contributed by atoms with E-state index in [1.165, 1.54) is 11.1 Å². The van der Waals surface area contributed by atoms with E-state index in [1.807, 2.05) is 6.20 Å². The number of aromatic nitrogens is 3. The second kappa shape index (κ2) is 9.56. The second-order valence-electron chi connectivity index (χ2n) is 12.0. The van der Waals surface area contributed by atoms with Gasteiger partial charge in [0.25, 0.3) is 0 Å². The predicted molar refractivity (Wildman–Crippen MR) is 138 cm³/mol. The zero-order chi connectivity index (χ0) is 24.6. The van der Waals surface area contributed by atoms with Gasteiger partial charge in [-0.1, -0.05) is 41.5 Å². The minimum atomic E-state index is -0.00777. The molecule has 182 valence electrons. The standard InChI is InChI=1S/C29H45N3O/c1-20(2)27-30-17-26(33-27)23(6)16-29(9,10)32-14-11-24(18-32)22(5)15-28(7,8)25-12-13-31(19-25)21(3)4/h11-14,17-23H,15-16H2,1-10H3. The molecule has 0 radical (unpaired) electrons. The molecule has 4 nitrogen and oxygen atoms in total. The lowest BCUT2D eigenvalue weighted by molar-refractivity contribution is 0.286. The highest BCUT2D eigenvalue weighted by Crippen LogP contribution is 2.37. The van der Waals surface area contributed by atoms with E-state index in [1.54, 1.807) is 0 Å². The van der Waals surface area contributed by atoms with Gasteiger partial charge in [0.2, 0.25) is 0 Å². The molecule has 0 aromatic carbocycles. The van der Waals surface area contributed by atoms with Crippen LogP contribution in [-0.4, -0.2) is 14.1 Å². The predicted octanol–water partition coefficient (Wildman–Crippen LogP) is 8.38. The SMILES string of the molecule is CC(C)c1ncc(C(C)CC(C)(C)n2ccc(C(C)CC(C)(C)c3ccn(C(C)C)c3)c2)o1. The van der Waals surface area contributed by atoms with E-state index in [2.05, 4.69) is 120 Å². The highest BCUT2D eigenvalue weighted by molar-refractivity contribution is 5.25. The fraction of sp³-hybridized carbons (Fsp3) is 0.621. The van der Waals surface area contributed by atoms with Crippen LogP contribution >= 0.6 is 0 Å². The normalized spacial score (nSPS) is 14.9. The first-order valence-corrected chi connectivity index (χ1v) is 12.6. The summed E-state index contributed by atoms with van der Waals surface area (Å²) in [7, 11) is 0. The van der Waals surface area contributed by atoms with Crippen LogP contribution in [0.25, 0.3) is 0 Å². The van der Waals surface area contributed by atoms with Crippen LogP contribution in [0.15, 0.2) is 47.5 Å². The maximum Gasteiger partial charge on any atom is 0.196 e. The van der Waals surface area contributed by atoms with Crippen LogP contribution in [-0.2, 0) is 11.0 Å². The summed E-state index contributed by atoms with van der Waals surface area (Å²) in [6.07, 6.45) is 13.2. The zero-order valence-electron chi connectivity index (χ0n) is 22.5. The van der Waals surface area contributed by atoms with Gasteiger partial charge in [-0.3, -0.25) is 0 Å². The molecule has 3 rings (SSSR count). The lowest BCUT2D eigenvalue weighted by Crippen LogP contribution is -2.27. The van der Waals surface area contributed by atoms with E-state index in [9.17, 15) is 0 Å². The van der Waals surface area contributed by atoms with Gasteiger partial charge in [-0.25, -0.2) is 4.98 Å². The molecule has 0 amide bonds. The summed E-state index contributed by atoms with van der Waals surface area (Å²) in [5, 5.41) is 0. The smallest absolute Gasteiger partial charge is 0.196 e. The van der Waals surface area contributed by atoms with E-state index >= 15 is 0 Å². The number of rotatable bonds is 10. The lowest BCUT2D eigenvalue weighted by atomic mass is 9.77. The van der Waals surface area contributed by atoms with Gasteiger partial charge in [-0.2, -0.15) is 0 Å². The number of hydrogen-bond donors (Lipinski definition) is 0. The summed E-state index contributed by atoms with van der Waals surface area (Å²) < 4.78 is 10.7. The van der Waals surface area contributed by atoms with Gasteiger partial charge in [0, 0.05) is 48.2 Å². The summed E-state index contributed by atoms with van der Waals surface area (Å²) in [5.41, 5.74) is 2.96. The summed E-state index contributed by atoms with van der Waals surface area (Å²) >= 11 is 0. The second-order valence-corrected chi connectivity index (χ2v) is 12.0. The van der Waals surface area contributed by atoms with Crippen molar-refractivity contribution in [1.82, 2.24) is 14.1 Å². The first-order valence-electron chi connectivity index (χ1n) is 12.6. The third-order valence-corrected chi connectivity index (χ3v) is 7.22. The Balaban J connectivity index is 1.68. The van der Waals surface area contributed by atoms with E-state index in [4.69, 9.17) is 4.42 Å². The van der Waals surface area contributed by atoms with Crippen molar-refractivity contribution in [3.8, 4) is 0 Å². The number of nitrogens with zero attached hydrogens (tertiary/aromatic N) is 3. The van der Waals surface area contributed by atoms with E-state index in [0.29, 0.717) is 23.8 Å². The molecule has 0 fully saturated rings. The molecule has 0 saturated heterocycles. The fourth-order valence-electron chi connectivity index (χ4n) is 4.97. The van der Waals surface area contributed by atoms with E-state index < -0.39 is 0 Å². The average Bonchev–Trinajstić information content (AvgIpc) is 3.47. The molecule has 2 atom stereocenters. The Morgan fingerprint density at radius 2 is 1.58 bits per heavy atom. The summed E-state index contributed by atoms with van der Waals surface area (Å²) in [5.74, 6) is 2.94. The minimum absolute atomic E-state index is 0.00777. The average molecular weight is 452 g/mol. The van der Waals surface area contributed by atoms with Crippen LogP contribution < -0.4 is 0 Å². The van der Waals surface area contributed by atoms with Crippen molar-refractivity contribution < 1.29 is 4.42 Å². The molecule has 0 aliphatic rings. The molecule has 2 unspecified atom stereocenters. The van der Waals surface area contributed by atoms with Crippen LogP contribution in [0.4, 0.5) is 0 Å². The van der Waals surface area contributed by atoms with Crippen molar-refractivity contribution >= 4 is 0 Å². The van der Waals surface area contributed by atoms with Crippen molar-refractivity contribution in [3.63, 3.8) is 0 Å². The molecular formula is C29H45N3O. The number of hydrogen-bond acceptors (Lipinski definition) is 2. The summed E-state index contributed by atoms with van der Waals surface area (Å²) in [4.78, 5) is 4.46. The molecule has 0 spiro atoms. The molecular weight excluding hydrogens is 406 g/mol. The van der Waals surface area contributed by atoms with Gasteiger partial charge >= 0.3 is 0 Å². The maximum absolute atomic E-state index is 6.02. The monoisotopic (exact) mass is 451 g/mol. The van der Waals surface area contributed by atoms with E-state index in [-0.39, 0.29) is 11.0 Å². The molecule has 4 heteroatoms. The zero-order valence-corrected chi connectivity index (χ0v) is 22.5. The van der Waals surface area contributed by atoms with Crippen LogP contribution in [0, 0.1) is 0 Å². The van der Waals surface area contributed by atoms with Gasteiger partial charge in [0.05, 0.1) is 6.20 Å². The lowest BCUT2D eigenvalue weighted by Gasteiger charge is -2.30. The first-order chi connectivity index (χ1) is 15.3. The fourth-order valence-corrected chi connectivity index (χ4v) is 4.97. The van der Waals surface area contributed by atoms with Gasteiger partial charge in [0.15, 0.2) is 5.89 Å². The van der Waals surface area contributed by atoms with Crippen LogP contribution in [0.1, 0.15) is 129 Å². The van der Waals surface area contributed by atoms with Crippen molar-refractivity contribution in [2.24, 2.45) is 0 Å². The summed E-state index contributed by atoms with van der Waals surface area (Å²) in [6, 6.07) is 5.09. The van der Waals surface area contributed by atoms with Crippen LogP contribution in [0.5, 0.6) is 0 Å². The Labute approximate surface area is 201 Å². The molecule has 33 heavy (non-hydrogen) atoms. The maximum atomic E-state index is 6.02. The highest BCUT2D eigenvalue weighted by Gasteiger charge is 2.28. The quantitative estimate of drug-likeness (QED) is 0.310. The molecule has 0 saturated carbocycles. The molecule has 3 aromatic heterocycles. The third kappa shape index (κ3) is 5.83. The van der Waals surface area contributed by atoms with Crippen LogP contribution in [0.2, 0.25) is 0 Å². The van der Waals surface area contributed by atoms with Gasteiger partial charge in [-0.15, -0.1) is 0 Å². The molecule has 0 bridgehead atoms. The van der Waals surface area contributed by atoms with Crippen molar-refractivity contribution in [3.05, 3.63) is 65.9 Å². The summed E-state index contributed by atoms with van der Waals surface area (Å²) in [6.45, 7) is 22.7. The Bertz CT molecular complexity index is 1030. The first kappa shape index (κ1) is 25.4. The van der Waals surface area contributed by atoms with Gasteiger partial charge in [-0.05, 0) is 75.1 Å². The highest BCUT2D eigenvalue weighted by atomic mass is 16.4. The molecule has 3 heterocycles. The topological polar surface area (TPSA) is 35.9 Å². The van der Waals surface area contributed by atoms with Crippen molar-refractivity contribution in [2.75, 3.05) is 0 Å².